The first-order chi connectivity index (χ1) is 1.41. The Morgan fingerprint density at radius 2 is 1.33 bits per heavy atom. The van der Waals surface area contributed by atoms with E-state index in [1.807, 2.05) is 0 Å². The maximum Gasteiger partial charge on any atom is 2.00 e. The molecule has 2 nitrogen and oxygen atoms in total. The third-order valence-electron chi connectivity index (χ3n) is 0. The van der Waals surface area contributed by atoms with Crippen molar-refractivity contribution in [3.8, 4) is 0 Å². The molecule has 0 fully saturated rings. The zero-order valence-electron chi connectivity index (χ0n) is 2.91. The second-order valence-electron chi connectivity index (χ2n) is 0.167. The molecule has 3 N–H and O–H groups in total. The maximum atomic E-state index is 5.86. The molecule has 2 radical (unpaired) electrons. The summed E-state index contributed by atoms with van der Waals surface area (Å²) in [5.74, 6) is 0. The normalized spacial score (nSPS) is 2.00. The molecule has 0 aliphatic heterocycles. The van der Waals surface area contributed by atoms with Crippen LogP contribution in [0, 0.1) is 5.41 Å². The van der Waals surface area contributed by atoms with Gasteiger partial charge in [-0.25, -0.2) is 0 Å². The Labute approximate surface area is 91.3 Å². The summed E-state index contributed by atoms with van der Waals surface area (Å²) in [6.45, 7) is 0. The van der Waals surface area contributed by atoms with Crippen LogP contribution in [0.1, 0.15) is 0 Å². The minimum atomic E-state index is 0. The molecule has 0 aromatic heterocycles. The van der Waals surface area contributed by atoms with Gasteiger partial charge >= 0.3 is 27.3 Å². The van der Waals surface area contributed by atoms with Crippen molar-refractivity contribution in [2.75, 3.05) is 0 Å². The third kappa shape index (κ3) is 40.2. The molecule has 0 saturated carbocycles. The average molecular weight is 505 g/mol. The molecule has 0 bridgehead atoms. The number of rotatable bonds is 0. The summed E-state index contributed by atoms with van der Waals surface area (Å²) in [4.78, 5) is 0. The van der Waals surface area contributed by atoms with Crippen molar-refractivity contribution in [2.24, 2.45) is 5.73 Å². The van der Waals surface area contributed by atoms with Crippen molar-refractivity contribution in [3.05, 3.63) is 0 Å². The Kier molecular flexibility index (Phi) is 119. The van der Waals surface area contributed by atoms with Crippen LogP contribution in [0.25, 0.3) is 0 Å². The molecule has 36 valence electrons. The van der Waals surface area contributed by atoms with E-state index in [1.165, 1.54) is 0 Å². The fraction of sp³-hybridized carbons (Fsp3) is 0. The molecule has 6 heavy (non-hydrogen) atoms. The van der Waals surface area contributed by atoms with Gasteiger partial charge in [-0.2, -0.15) is 0 Å². The summed E-state index contributed by atoms with van der Waals surface area (Å²) in [7, 11) is 0. The number of hydrogen-bond donors (Lipinski definition) is 2. The molecule has 0 heterocycles. The van der Waals surface area contributed by atoms with E-state index < -0.39 is 0 Å². The van der Waals surface area contributed by atoms with Crippen LogP contribution in [0.3, 0.4) is 0 Å². The number of hydrogen-bond acceptors (Lipinski definition) is 1. The van der Waals surface area contributed by atoms with E-state index in [2.05, 4.69) is 5.73 Å². The summed E-state index contributed by atoms with van der Waals surface area (Å²) in [5.41, 5.74) is 4.39. The zero-order valence-corrected chi connectivity index (χ0v) is 11.1. The SMILES string of the molecule is N=CN.[I-].[I-].[Pb+2]. The predicted molar refractivity (Wildman–Crippen MR) is 18.7 cm³/mol. The van der Waals surface area contributed by atoms with Crippen LogP contribution >= 0.6 is 0 Å². The Hall–Kier alpha value is 1.85. The fourth-order valence-corrected chi connectivity index (χ4v) is 0. The molecule has 0 aromatic carbocycles. The molecular weight excluding hydrogens is 501 g/mol. The second-order valence-corrected chi connectivity index (χ2v) is 0.167. The van der Waals surface area contributed by atoms with Crippen LogP contribution in [0.4, 0.5) is 0 Å². The molecule has 0 rings (SSSR count). The molecule has 0 aliphatic carbocycles. The van der Waals surface area contributed by atoms with Gasteiger partial charge in [-0.3, -0.25) is 5.41 Å². The van der Waals surface area contributed by atoms with Crippen molar-refractivity contribution in [3.63, 3.8) is 0 Å². The number of nitrogens with one attached hydrogen (secondary N) is 1. The predicted octanol–water partition coefficient (Wildman–Crippen LogP) is -6.82. The average Bonchev–Trinajstić information content (AvgIpc) is 0.918. The van der Waals surface area contributed by atoms with E-state index in [0.717, 1.165) is 6.34 Å². The van der Waals surface area contributed by atoms with Crippen LogP contribution in [-0.2, 0) is 0 Å². The van der Waals surface area contributed by atoms with Crippen molar-refractivity contribution in [2.45, 2.75) is 0 Å². The van der Waals surface area contributed by atoms with Crippen molar-refractivity contribution in [1.82, 2.24) is 0 Å². The number of nitrogens with two attached hydrogens (primary N) is 1. The molecular formula is CH4I2N2Pb. The Morgan fingerprint density at radius 3 is 1.33 bits per heavy atom. The minimum absolute atomic E-state index is 0. The molecule has 0 atom stereocenters. The first-order valence-electron chi connectivity index (χ1n) is 0.622. The van der Waals surface area contributed by atoms with Gasteiger partial charge < -0.3 is 53.7 Å². The molecule has 5 heteroatoms. The number of halogens is 2. The van der Waals surface area contributed by atoms with Crippen LogP contribution < -0.4 is 53.7 Å². The first-order valence-corrected chi connectivity index (χ1v) is 0.622. The van der Waals surface area contributed by atoms with Gasteiger partial charge in [0.05, 0.1) is 6.34 Å². The summed E-state index contributed by atoms with van der Waals surface area (Å²) in [5, 5.41) is 5.86. The largest absolute Gasteiger partial charge is 2.00 e. The van der Waals surface area contributed by atoms with E-state index in [1.54, 1.807) is 0 Å². The zero-order chi connectivity index (χ0) is 2.71. The van der Waals surface area contributed by atoms with Crippen LogP contribution in [0.2, 0.25) is 0 Å². The van der Waals surface area contributed by atoms with E-state index in [-0.39, 0.29) is 75.3 Å². The molecule has 0 saturated heterocycles. The van der Waals surface area contributed by atoms with Crippen LogP contribution in [0.15, 0.2) is 0 Å². The summed E-state index contributed by atoms with van der Waals surface area (Å²) in [6, 6.07) is 0. The Morgan fingerprint density at radius 1 is 1.33 bits per heavy atom. The quantitative estimate of drug-likeness (QED) is 0.147. The van der Waals surface area contributed by atoms with Gasteiger partial charge in [-0.15, -0.1) is 0 Å². The minimum Gasteiger partial charge on any atom is -1.00 e. The summed E-state index contributed by atoms with van der Waals surface area (Å²) < 4.78 is 0. The van der Waals surface area contributed by atoms with Gasteiger partial charge in [0.2, 0.25) is 0 Å². The molecule has 0 spiro atoms. The van der Waals surface area contributed by atoms with E-state index in [0.29, 0.717) is 0 Å². The monoisotopic (exact) mass is 506 g/mol. The van der Waals surface area contributed by atoms with Crippen molar-refractivity contribution < 1.29 is 48.0 Å². The van der Waals surface area contributed by atoms with Gasteiger partial charge in [-0.1, -0.05) is 0 Å². The Balaban J connectivity index is -0.00000000667. The van der Waals surface area contributed by atoms with Crippen LogP contribution in [-0.4, -0.2) is 33.6 Å². The molecule has 0 amide bonds. The van der Waals surface area contributed by atoms with E-state index in [4.69, 9.17) is 5.41 Å². The maximum absolute atomic E-state index is 5.86. The standard InChI is InChI=1S/CH4N2.2HI.Pb/c2-1-3;;;/h1H,(H3,2,3);2*1H;/q;;;+2/p-2. The van der Waals surface area contributed by atoms with Gasteiger partial charge in [0.1, 0.15) is 0 Å². The second kappa shape index (κ2) is 28.8. The van der Waals surface area contributed by atoms with Gasteiger partial charge in [0.25, 0.3) is 0 Å². The van der Waals surface area contributed by atoms with Crippen molar-refractivity contribution >= 4 is 33.6 Å². The molecule has 0 aromatic rings. The summed E-state index contributed by atoms with van der Waals surface area (Å²) in [6.07, 6.45) is 0.750. The molecule has 0 unspecified atom stereocenters. The Bertz CT molecular complexity index is 19.0. The van der Waals surface area contributed by atoms with E-state index in [9.17, 15) is 0 Å². The van der Waals surface area contributed by atoms with Gasteiger partial charge in [0, 0.05) is 0 Å². The van der Waals surface area contributed by atoms with Gasteiger partial charge in [0.15, 0.2) is 0 Å². The fourth-order valence-electron chi connectivity index (χ4n) is 0. The molecule has 0 aliphatic rings. The van der Waals surface area contributed by atoms with Gasteiger partial charge in [-0.05, 0) is 0 Å². The first kappa shape index (κ1) is 24.8. The summed E-state index contributed by atoms with van der Waals surface area (Å²) >= 11 is 0. The smallest absolute Gasteiger partial charge is 1.00 e. The third-order valence-corrected chi connectivity index (χ3v) is 0. The topological polar surface area (TPSA) is 49.9 Å². The van der Waals surface area contributed by atoms with E-state index >= 15 is 0 Å². The van der Waals surface area contributed by atoms with Crippen molar-refractivity contribution in [1.29, 1.82) is 5.41 Å². The van der Waals surface area contributed by atoms with Crippen LogP contribution in [0.5, 0.6) is 0 Å².